The van der Waals surface area contributed by atoms with Crippen LogP contribution < -0.4 is 26.4 Å². The number of urea groups is 1. The number of Topliss-reactive ketones (excluding diaryl/α,β-unsaturated/α-hetero) is 2. The van der Waals surface area contributed by atoms with Crippen molar-refractivity contribution in [3.8, 4) is 17.2 Å². The number of primary amides is 1. The number of benzene rings is 3. The van der Waals surface area contributed by atoms with Crippen LogP contribution in [0.4, 0.5) is 20.1 Å². The van der Waals surface area contributed by atoms with Crippen LogP contribution in [0.3, 0.4) is 0 Å². The first kappa shape index (κ1) is 74.9. The number of hydrogen-bond acceptors (Lipinski definition) is 24. The summed E-state index contributed by atoms with van der Waals surface area (Å²) >= 11 is 5.67. The summed E-state index contributed by atoms with van der Waals surface area (Å²) in [6.45, 7) is 4.63. The van der Waals surface area contributed by atoms with Crippen LogP contribution in [0.2, 0.25) is 0 Å². The van der Waals surface area contributed by atoms with Gasteiger partial charge in [0.15, 0.2) is 41.3 Å². The number of phenols is 2. The number of aromatic hydroxyl groups is 2. The highest BCUT2D eigenvalue weighted by molar-refractivity contribution is 7.95. The van der Waals surface area contributed by atoms with Crippen LogP contribution in [0, 0.1) is 11.8 Å². The van der Waals surface area contributed by atoms with Gasteiger partial charge in [-0.2, -0.15) is 0 Å². The molecule has 0 unspecified atom stereocenters. The molecule has 7 amide bonds. The maximum atomic E-state index is 14.3. The van der Waals surface area contributed by atoms with Crippen molar-refractivity contribution < 1.29 is 110 Å². The number of ketones is 4. The molecule has 2 aliphatic carbocycles. The van der Waals surface area contributed by atoms with Crippen molar-refractivity contribution >= 4 is 86.4 Å². The number of aliphatic hydroxyl groups is 1. The number of amides is 7. The average Bonchev–Trinajstić information content (AvgIpc) is 1.38. The number of unbranched alkanes of at least 4 members (excludes halogenated alkanes) is 2. The Morgan fingerprint density at radius 1 is 0.889 bits per heavy atom. The van der Waals surface area contributed by atoms with Gasteiger partial charge in [-0.05, 0) is 62.3 Å². The van der Waals surface area contributed by atoms with Crippen molar-refractivity contribution in [3.05, 3.63) is 91.8 Å². The molecular weight excluding hydrogens is 1340 g/mol. The van der Waals surface area contributed by atoms with E-state index in [0.29, 0.717) is 41.5 Å². The second kappa shape index (κ2) is 31.9. The molecule has 0 spiro atoms. The van der Waals surface area contributed by atoms with E-state index in [4.69, 9.17) is 55.2 Å². The molecule has 31 nitrogen and oxygen atoms in total. The molecule has 0 saturated carbocycles. The zero-order valence-electron chi connectivity index (χ0n) is 55.8. The van der Waals surface area contributed by atoms with Crippen molar-refractivity contribution in [2.45, 2.75) is 146 Å². The Hall–Kier alpha value is -8.34. The fourth-order valence-corrected chi connectivity index (χ4v) is 14.6. The lowest BCUT2D eigenvalue weighted by Crippen LogP contribution is -2.55. The summed E-state index contributed by atoms with van der Waals surface area (Å²) in [6, 6.07) is 8.57. The lowest BCUT2D eigenvalue weighted by atomic mass is 9.72. The zero-order valence-corrected chi connectivity index (χ0v) is 57.4. The summed E-state index contributed by atoms with van der Waals surface area (Å²) < 4.78 is 71.5. The number of carbonyl (C=O) groups is 10. The third-order valence-corrected chi connectivity index (χ3v) is 20.7. The molecular formula is C66H83ClN8O23S. The van der Waals surface area contributed by atoms with Gasteiger partial charge in [0.05, 0.1) is 48.7 Å². The molecule has 4 aliphatic heterocycles. The molecule has 3 aromatic rings. The van der Waals surface area contributed by atoms with E-state index in [9.17, 15) is 71.7 Å². The number of hydrogen-bond donors (Lipinski definition) is 7. The Bertz CT molecular complexity index is 3780. The Morgan fingerprint density at radius 3 is 2.24 bits per heavy atom. The third-order valence-electron chi connectivity index (χ3n) is 18.5. The third kappa shape index (κ3) is 16.6. The van der Waals surface area contributed by atoms with Crippen LogP contribution in [0.15, 0.2) is 52.9 Å². The van der Waals surface area contributed by atoms with E-state index in [1.807, 2.05) is 0 Å². The molecule has 3 aromatic carbocycles. The van der Waals surface area contributed by atoms with Gasteiger partial charge >= 0.3 is 18.2 Å². The molecule has 8 N–H and O–H groups in total. The van der Waals surface area contributed by atoms with Gasteiger partial charge < -0.3 is 84.7 Å². The number of halogens is 1. The summed E-state index contributed by atoms with van der Waals surface area (Å²) in [6.07, 6.45) is -5.88. The van der Waals surface area contributed by atoms with Gasteiger partial charge in [-0.25, -0.2) is 27.1 Å². The number of phenolic OH excluding ortho intramolecular Hbond substituents is 2. The number of carbonyl (C=O) groups excluding carboxylic acids is 10. The highest BCUT2D eigenvalue weighted by Gasteiger charge is 2.56. The molecule has 3 saturated heterocycles. The molecule has 99 heavy (non-hydrogen) atoms. The minimum absolute atomic E-state index is 0.00355. The molecule has 3 fully saturated rings. The first-order chi connectivity index (χ1) is 47.0. The molecule has 4 heterocycles. The van der Waals surface area contributed by atoms with E-state index in [0.717, 1.165) is 11.0 Å². The van der Waals surface area contributed by atoms with Crippen molar-refractivity contribution in [1.82, 2.24) is 29.6 Å². The number of morpholine rings is 1. The Morgan fingerprint density at radius 2 is 1.59 bits per heavy atom. The molecule has 0 bridgehead atoms. The van der Waals surface area contributed by atoms with E-state index < -0.39 is 170 Å². The predicted molar refractivity (Wildman–Crippen MR) is 348 cm³/mol. The highest BCUT2D eigenvalue weighted by atomic mass is 35.5. The Labute approximate surface area is 575 Å². The number of sulfonamides is 1. The number of likely N-dealkylation sites (N-methyl/N-ethyl adjacent to an activating group) is 2. The molecule has 9 rings (SSSR count). The SMILES string of the molecule is COc1cccc2c1C(=O)c1c(O)c3c(c(O)c1C2=O)C[C@@](O)(C(=O)COC(=O)N(C)CCN(C)C(=O)OCc1ccc(NC(=O)[C@H](CCCNC(N)=O)CC(=O)[C@@H](NC(=O)CCCCCN2C(=O)C=C(Cl)S2(=O)=O)C(C)C)cc1)C[C@@H]3O[C@H]1C[C@H]2[C@H](O[C@@H]3[C@@H](OC)OCCN32)[C@H](C)O1. The monoisotopic (exact) mass is 1420 g/mol. The molecule has 10 atom stereocenters. The van der Waals surface area contributed by atoms with Crippen molar-refractivity contribution in [3.63, 3.8) is 0 Å². The first-order valence-electron chi connectivity index (χ1n) is 32.4. The molecule has 0 aromatic heterocycles. The molecule has 33 heteroatoms. The van der Waals surface area contributed by atoms with Crippen molar-refractivity contribution in [1.29, 1.82) is 0 Å². The van der Waals surface area contributed by atoms with Crippen molar-refractivity contribution in [2.75, 3.05) is 79.6 Å². The quantitative estimate of drug-likeness (QED) is 0.0299. The summed E-state index contributed by atoms with van der Waals surface area (Å²) in [5.74, 6) is -7.60. The van der Waals surface area contributed by atoms with Gasteiger partial charge in [-0.3, -0.25) is 38.5 Å². The number of ether oxygens (including phenoxy) is 8. The minimum Gasteiger partial charge on any atom is -0.507 e. The van der Waals surface area contributed by atoms with Gasteiger partial charge in [0.2, 0.25) is 23.4 Å². The maximum Gasteiger partial charge on any atom is 0.409 e. The number of fused-ring (bicyclic) bond motifs is 6. The largest absolute Gasteiger partial charge is 0.507 e. The zero-order chi connectivity index (χ0) is 71.9. The van der Waals surface area contributed by atoms with Gasteiger partial charge in [-0.1, -0.05) is 56.1 Å². The normalized spacial score (nSPS) is 23.5. The minimum atomic E-state index is -4.05. The second-order valence-electron chi connectivity index (χ2n) is 25.5. The number of nitrogens with one attached hydrogen (secondary N) is 3. The lowest BCUT2D eigenvalue weighted by Gasteiger charge is -2.43. The van der Waals surface area contributed by atoms with Crippen LogP contribution in [-0.2, 0) is 80.2 Å². The van der Waals surface area contributed by atoms with E-state index in [2.05, 4.69) is 20.9 Å². The first-order valence-corrected chi connectivity index (χ1v) is 34.2. The number of rotatable bonds is 29. The number of nitrogens with two attached hydrogens (primary N) is 1. The second-order valence-corrected chi connectivity index (χ2v) is 28.0. The standard InChI is InChI=1S/C66H83ClN8O23S/c1-34(2)54(71-47(78)16-9-8-10-22-75-48(79)29-46(67)99(75,89)90)42(76)27-37(13-12-21-69-63(68)85)60(84)70-38-19-17-36(18-20-38)32-94-64(86)72(4)23-24-73(5)65(87)95-33-45(77)66(88)30-40-51(58(83)53-52(56(40)81)55(80)39-14-11-15-43(91-6)50(39)57(53)82)44(31-66)97-49-28-41-59(35(3)96-49)98-61-62(92-7)93-26-25-74(41)61/h11,14-15,17-20,29,34-35,37,41,44,49,54,59,61-62,81,83,88H,8-10,12-13,16,21-28,30-33H2,1-7H3,(H,70,84)(H,71,78)(H3,68,69,85)/t35-,37+,41-,44-,49-,54-,59+,61+,62-,66-/m0/s1. The van der Waals surface area contributed by atoms with E-state index in [-0.39, 0.29) is 111 Å². The van der Waals surface area contributed by atoms with Gasteiger partial charge in [0, 0.05) is 126 Å². The maximum absolute atomic E-state index is 14.3. The smallest absolute Gasteiger partial charge is 0.409 e. The number of anilines is 1. The van der Waals surface area contributed by atoms with E-state index >= 15 is 0 Å². The van der Waals surface area contributed by atoms with Crippen LogP contribution in [0.25, 0.3) is 0 Å². The molecule has 0 radical (unpaired) electrons. The average molecular weight is 1420 g/mol. The van der Waals surface area contributed by atoms with E-state index in [1.165, 1.54) is 51.4 Å². The van der Waals surface area contributed by atoms with Crippen molar-refractivity contribution in [2.24, 2.45) is 17.6 Å². The number of nitrogens with zero attached hydrogens (tertiary/aromatic N) is 4. The fourth-order valence-electron chi connectivity index (χ4n) is 13.1. The van der Waals surface area contributed by atoms with Crippen LogP contribution in [-0.4, -0.2) is 225 Å². The van der Waals surface area contributed by atoms with Crippen LogP contribution in [0.5, 0.6) is 17.2 Å². The predicted octanol–water partition coefficient (Wildman–Crippen LogP) is 3.97. The fraction of sp³-hybridized carbons (Fsp3) is 0.545. The Kier molecular flexibility index (Phi) is 24.1. The highest BCUT2D eigenvalue weighted by Crippen LogP contribution is 2.53. The van der Waals surface area contributed by atoms with Gasteiger partial charge in [0.1, 0.15) is 35.6 Å². The molecule has 538 valence electrons. The summed E-state index contributed by atoms with van der Waals surface area (Å²) in [5, 5.41) is 44.7. The summed E-state index contributed by atoms with van der Waals surface area (Å²) in [5.41, 5.74) is 1.77. The van der Waals surface area contributed by atoms with Crippen LogP contribution in [0.1, 0.15) is 133 Å². The number of methoxy groups -OCH3 is 2. The van der Waals surface area contributed by atoms with Gasteiger partial charge in [0.25, 0.3) is 15.9 Å². The topological polar surface area (TPSA) is 414 Å². The van der Waals surface area contributed by atoms with Crippen LogP contribution >= 0.6 is 11.6 Å². The lowest BCUT2D eigenvalue weighted by molar-refractivity contribution is -0.256. The summed E-state index contributed by atoms with van der Waals surface area (Å²) in [4.78, 5) is 138. The van der Waals surface area contributed by atoms with E-state index in [1.54, 1.807) is 45.0 Å². The Balaban J connectivity index is 0.770. The summed E-state index contributed by atoms with van der Waals surface area (Å²) in [7, 11) is 1.51. The van der Waals surface area contributed by atoms with Gasteiger partial charge in [-0.15, -0.1) is 0 Å². The molecule has 6 aliphatic rings.